The lowest BCUT2D eigenvalue weighted by Crippen LogP contribution is -2.29. The Bertz CT molecular complexity index is 694. The van der Waals surface area contributed by atoms with Crippen molar-refractivity contribution in [3.8, 4) is 11.5 Å². The van der Waals surface area contributed by atoms with Crippen LogP contribution in [0.25, 0.3) is 0 Å². The Kier molecular flexibility index (Phi) is 7.46. The number of halogens is 1. The first-order valence-electron chi connectivity index (χ1n) is 7.51. The first kappa shape index (κ1) is 18.7. The molecule has 6 heteroatoms. The number of rotatable bonds is 8. The fourth-order valence-corrected chi connectivity index (χ4v) is 3.33. The van der Waals surface area contributed by atoms with E-state index in [1.807, 2.05) is 49.4 Å². The molecule has 1 amide bonds. The van der Waals surface area contributed by atoms with Crippen molar-refractivity contribution in [2.75, 3.05) is 26.0 Å². The van der Waals surface area contributed by atoms with Crippen molar-refractivity contribution in [1.29, 1.82) is 0 Å². The average molecular weight is 410 g/mol. The summed E-state index contributed by atoms with van der Waals surface area (Å²) in [5.41, 5.74) is 1.16. The Morgan fingerprint density at radius 3 is 2.75 bits per heavy atom. The zero-order valence-corrected chi connectivity index (χ0v) is 16.1. The number of benzene rings is 2. The van der Waals surface area contributed by atoms with Crippen LogP contribution in [0, 0.1) is 6.92 Å². The molecule has 0 radical (unpaired) electrons. The highest BCUT2D eigenvalue weighted by Gasteiger charge is 2.05. The highest BCUT2D eigenvalue weighted by molar-refractivity contribution is 9.10. The van der Waals surface area contributed by atoms with Crippen LogP contribution < -0.4 is 14.8 Å². The molecule has 2 aromatic carbocycles. The van der Waals surface area contributed by atoms with Gasteiger partial charge in [0.1, 0.15) is 18.1 Å². The molecule has 0 saturated heterocycles. The van der Waals surface area contributed by atoms with Gasteiger partial charge in [-0.15, -0.1) is 11.8 Å². The van der Waals surface area contributed by atoms with Gasteiger partial charge in [0.25, 0.3) is 0 Å². The third-order valence-electron chi connectivity index (χ3n) is 3.23. The number of thioether (sulfide) groups is 1. The number of amides is 1. The van der Waals surface area contributed by atoms with Crippen LogP contribution in [0.4, 0.5) is 0 Å². The molecule has 0 spiro atoms. The summed E-state index contributed by atoms with van der Waals surface area (Å²) in [6, 6.07) is 13.4. The van der Waals surface area contributed by atoms with E-state index in [2.05, 4.69) is 21.2 Å². The highest BCUT2D eigenvalue weighted by atomic mass is 79.9. The normalized spacial score (nSPS) is 10.3. The van der Waals surface area contributed by atoms with Gasteiger partial charge < -0.3 is 14.8 Å². The Morgan fingerprint density at radius 1 is 1.21 bits per heavy atom. The van der Waals surface area contributed by atoms with Gasteiger partial charge in [-0.1, -0.05) is 22.0 Å². The van der Waals surface area contributed by atoms with Gasteiger partial charge in [-0.25, -0.2) is 0 Å². The topological polar surface area (TPSA) is 47.6 Å². The Morgan fingerprint density at radius 2 is 2.00 bits per heavy atom. The number of methoxy groups -OCH3 is 1. The van der Waals surface area contributed by atoms with E-state index in [0.717, 1.165) is 26.4 Å². The molecule has 0 bridgehead atoms. The van der Waals surface area contributed by atoms with Gasteiger partial charge in [0.15, 0.2) is 0 Å². The number of ether oxygens (including phenoxy) is 2. The van der Waals surface area contributed by atoms with Crippen molar-refractivity contribution < 1.29 is 14.3 Å². The predicted octanol–water partition coefficient (Wildman–Crippen LogP) is 4.05. The van der Waals surface area contributed by atoms with Gasteiger partial charge in [0.2, 0.25) is 5.91 Å². The monoisotopic (exact) mass is 409 g/mol. The summed E-state index contributed by atoms with van der Waals surface area (Å²) in [6.45, 7) is 2.92. The fraction of sp³-hybridized carbons (Fsp3) is 0.278. The number of hydrogen-bond acceptors (Lipinski definition) is 4. The second-order valence-electron chi connectivity index (χ2n) is 5.08. The Balaban J connectivity index is 1.67. The van der Waals surface area contributed by atoms with Gasteiger partial charge in [-0.05, 0) is 42.8 Å². The number of aryl methyl sites for hydroxylation is 1. The second kappa shape index (κ2) is 9.59. The lowest BCUT2D eigenvalue weighted by Gasteiger charge is -2.09. The molecule has 128 valence electrons. The molecule has 0 aliphatic carbocycles. The Labute approximate surface area is 155 Å². The average Bonchev–Trinajstić information content (AvgIpc) is 2.58. The molecule has 1 N–H and O–H groups in total. The van der Waals surface area contributed by atoms with E-state index in [9.17, 15) is 4.79 Å². The lowest BCUT2D eigenvalue weighted by molar-refractivity contribution is -0.118. The Hall–Kier alpha value is -1.66. The number of carbonyl (C=O) groups is 1. The molecule has 0 aliphatic rings. The van der Waals surface area contributed by atoms with Crippen LogP contribution in [0.3, 0.4) is 0 Å². The van der Waals surface area contributed by atoms with E-state index >= 15 is 0 Å². The van der Waals surface area contributed by atoms with Gasteiger partial charge >= 0.3 is 0 Å². The molecule has 0 saturated carbocycles. The highest BCUT2D eigenvalue weighted by Crippen LogP contribution is 2.25. The van der Waals surface area contributed by atoms with E-state index in [0.29, 0.717) is 18.9 Å². The summed E-state index contributed by atoms with van der Waals surface area (Å²) in [5.74, 6) is 1.86. The first-order chi connectivity index (χ1) is 11.6. The van der Waals surface area contributed by atoms with Crippen LogP contribution in [0.15, 0.2) is 51.8 Å². The zero-order valence-electron chi connectivity index (χ0n) is 13.7. The van der Waals surface area contributed by atoms with Gasteiger partial charge in [0.05, 0.1) is 19.4 Å². The SMILES string of the molecule is COc1cccc(OCCNC(=O)CSc2ccc(Br)cc2C)c1. The molecular formula is C18H20BrNO3S. The van der Waals surface area contributed by atoms with E-state index in [1.165, 1.54) is 11.8 Å². The van der Waals surface area contributed by atoms with Crippen LogP contribution in [-0.2, 0) is 4.79 Å². The molecule has 0 fully saturated rings. The number of hydrogen-bond donors (Lipinski definition) is 1. The maximum Gasteiger partial charge on any atom is 0.230 e. The van der Waals surface area contributed by atoms with Crippen molar-refractivity contribution in [2.24, 2.45) is 0 Å². The van der Waals surface area contributed by atoms with Crippen LogP contribution in [-0.4, -0.2) is 31.9 Å². The van der Waals surface area contributed by atoms with Gasteiger partial charge in [0, 0.05) is 15.4 Å². The summed E-state index contributed by atoms with van der Waals surface area (Å²) < 4.78 is 11.8. The molecule has 2 rings (SSSR count). The lowest BCUT2D eigenvalue weighted by atomic mass is 10.2. The predicted molar refractivity (Wildman–Crippen MR) is 101 cm³/mol. The van der Waals surface area contributed by atoms with Crippen molar-refractivity contribution in [3.63, 3.8) is 0 Å². The standard InChI is InChI=1S/C18H20BrNO3S/c1-13-10-14(19)6-7-17(13)24-12-18(21)20-8-9-23-16-5-3-4-15(11-16)22-2/h3-7,10-11H,8-9,12H2,1-2H3,(H,20,21). The molecular weight excluding hydrogens is 390 g/mol. The van der Waals surface area contributed by atoms with Crippen LogP contribution >= 0.6 is 27.7 Å². The molecule has 4 nitrogen and oxygen atoms in total. The quantitative estimate of drug-likeness (QED) is 0.527. The van der Waals surface area contributed by atoms with Gasteiger partial charge in [-0.2, -0.15) is 0 Å². The molecule has 0 atom stereocenters. The molecule has 0 unspecified atom stereocenters. The molecule has 0 aliphatic heterocycles. The maximum atomic E-state index is 11.9. The van der Waals surface area contributed by atoms with Gasteiger partial charge in [-0.3, -0.25) is 4.79 Å². The van der Waals surface area contributed by atoms with E-state index in [-0.39, 0.29) is 5.91 Å². The minimum Gasteiger partial charge on any atom is -0.497 e. The molecule has 2 aromatic rings. The summed E-state index contributed by atoms with van der Waals surface area (Å²) in [6.07, 6.45) is 0. The number of carbonyl (C=O) groups excluding carboxylic acids is 1. The zero-order chi connectivity index (χ0) is 17.4. The van der Waals surface area contributed by atoms with Crippen LogP contribution in [0.5, 0.6) is 11.5 Å². The third-order valence-corrected chi connectivity index (χ3v) is 4.90. The number of nitrogens with one attached hydrogen (secondary N) is 1. The van der Waals surface area contributed by atoms with E-state index in [1.54, 1.807) is 7.11 Å². The molecule has 0 aromatic heterocycles. The third kappa shape index (κ3) is 6.09. The minimum absolute atomic E-state index is 0.00318. The maximum absolute atomic E-state index is 11.9. The van der Waals surface area contributed by atoms with Crippen molar-refractivity contribution in [2.45, 2.75) is 11.8 Å². The first-order valence-corrected chi connectivity index (χ1v) is 9.29. The summed E-state index contributed by atoms with van der Waals surface area (Å²) >= 11 is 4.97. The smallest absolute Gasteiger partial charge is 0.230 e. The van der Waals surface area contributed by atoms with Crippen molar-refractivity contribution >= 4 is 33.6 Å². The van der Waals surface area contributed by atoms with E-state index < -0.39 is 0 Å². The summed E-state index contributed by atoms with van der Waals surface area (Å²) in [5, 5.41) is 2.86. The van der Waals surface area contributed by atoms with Crippen LogP contribution in [0.2, 0.25) is 0 Å². The molecule has 24 heavy (non-hydrogen) atoms. The largest absolute Gasteiger partial charge is 0.497 e. The summed E-state index contributed by atoms with van der Waals surface area (Å²) in [7, 11) is 1.62. The molecule has 0 heterocycles. The van der Waals surface area contributed by atoms with Crippen LogP contribution in [0.1, 0.15) is 5.56 Å². The minimum atomic E-state index is -0.00318. The summed E-state index contributed by atoms with van der Waals surface area (Å²) in [4.78, 5) is 13.0. The van der Waals surface area contributed by atoms with E-state index in [4.69, 9.17) is 9.47 Å². The fourth-order valence-electron chi connectivity index (χ4n) is 2.02. The van der Waals surface area contributed by atoms with Crippen molar-refractivity contribution in [3.05, 3.63) is 52.5 Å². The van der Waals surface area contributed by atoms with Crippen molar-refractivity contribution in [1.82, 2.24) is 5.32 Å². The second-order valence-corrected chi connectivity index (χ2v) is 7.01.